The van der Waals surface area contributed by atoms with Gasteiger partial charge in [-0.15, -0.1) is 5.12 Å². The molecule has 82 valence electrons. The van der Waals surface area contributed by atoms with Gasteiger partial charge in [0.05, 0.1) is 11.4 Å². The number of benzene rings is 1. The van der Waals surface area contributed by atoms with Crippen molar-refractivity contribution in [2.24, 2.45) is 0 Å². The van der Waals surface area contributed by atoms with Crippen LogP contribution in [-0.4, -0.2) is 20.4 Å². The molecule has 1 aliphatic heterocycles. The summed E-state index contributed by atoms with van der Waals surface area (Å²) in [5.41, 5.74) is 12.3. The molecule has 1 heterocycles. The second-order valence-electron chi connectivity index (χ2n) is 4.89. The van der Waals surface area contributed by atoms with Crippen molar-refractivity contribution in [1.82, 2.24) is 5.12 Å². The maximum Gasteiger partial charge on any atom is 0.169 e. The number of hydrazine groups is 2. The summed E-state index contributed by atoms with van der Waals surface area (Å²) in [5, 5.41) is 2.05. The molecule has 0 aromatic heterocycles. The van der Waals surface area contributed by atoms with Crippen molar-refractivity contribution in [3.05, 3.63) is 18.2 Å². The van der Waals surface area contributed by atoms with Crippen molar-refractivity contribution in [2.75, 3.05) is 22.9 Å². The predicted octanol–water partition coefficient (Wildman–Crippen LogP) is 2.10. The normalized spacial score (nSPS) is 16.4. The number of hydrogen-bond acceptors (Lipinski definition) is 4. The molecule has 0 unspecified atom stereocenters. The average Bonchev–Trinajstić information content (AvgIpc) is 2.38. The third-order valence-electron chi connectivity index (χ3n) is 2.47. The Morgan fingerprint density at radius 1 is 1.27 bits per heavy atom. The molecule has 0 aliphatic carbocycles. The molecule has 0 saturated carbocycles. The molecule has 0 spiro atoms. The molecule has 15 heavy (non-hydrogen) atoms. The molecule has 0 bridgehead atoms. The highest BCUT2D eigenvalue weighted by Crippen LogP contribution is 2.37. The number of anilines is 3. The van der Waals surface area contributed by atoms with Crippen molar-refractivity contribution in [3.63, 3.8) is 0 Å². The van der Waals surface area contributed by atoms with E-state index in [4.69, 9.17) is 5.73 Å². The zero-order valence-electron chi connectivity index (χ0n) is 9.70. The lowest BCUT2D eigenvalue weighted by Crippen LogP contribution is -2.53. The molecule has 5 heteroatoms. The molecule has 1 aromatic carbocycles. The van der Waals surface area contributed by atoms with Crippen molar-refractivity contribution in [2.45, 2.75) is 19.6 Å². The summed E-state index contributed by atoms with van der Waals surface area (Å²) in [7, 11) is 0.616. The Kier molecular flexibility index (Phi) is 2.16. The number of rotatable bonds is 1. The first-order valence-corrected chi connectivity index (χ1v) is 8.54. The van der Waals surface area contributed by atoms with E-state index in [2.05, 4.69) is 34.9 Å². The van der Waals surface area contributed by atoms with Gasteiger partial charge in [-0.2, -0.15) is 0 Å². The lowest BCUT2D eigenvalue weighted by Gasteiger charge is -2.36. The highest BCUT2D eigenvalue weighted by molar-refractivity contribution is 6.79. The Morgan fingerprint density at radius 3 is 2.53 bits per heavy atom. The van der Waals surface area contributed by atoms with E-state index >= 15 is 0 Å². The van der Waals surface area contributed by atoms with Gasteiger partial charge in [-0.05, 0) is 18.2 Å². The maximum absolute atomic E-state index is 5.82. The third kappa shape index (κ3) is 1.68. The quantitative estimate of drug-likeness (QED) is 0.564. The van der Waals surface area contributed by atoms with Gasteiger partial charge < -0.3 is 15.8 Å². The summed E-state index contributed by atoms with van der Waals surface area (Å²) >= 11 is 0. The van der Waals surface area contributed by atoms with Crippen molar-refractivity contribution >= 4 is 25.3 Å². The van der Waals surface area contributed by atoms with Gasteiger partial charge in [0, 0.05) is 12.7 Å². The highest BCUT2D eigenvalue weighted by Gasteiger charge is 2.34. The maximum atomic E-state index is 5.82. The van der Waals surface area contributed by atoms with Crippen LogP contribution < -0.4 is 15.8 Å². The minimum atomic E-state index is -1.42. The minimum absolute atomic E-state index is 0.814. The average molecular weight is 222 g/mol. The van der Waals surface area contributed by atoms with E-state index in [1.165, 1.54) is 5.69 Å². The second kappa shape index (κ2) is 3.14. The van der Waals surface area contributed by atoms with Crippen molar-refractivity contribution < 1.29 is 0 Å². The van der Waals surface area contributed by atoms with Gasteiger partial charge in [-0.25, -0.2) is 0 Å². The summed E-state index contributed by atoms with van der Waals surface area (Å²) in [6, 6.07) is 5.98. The molecular weight excluding hydrogens is 204 g/mol. The van der Waals surface area contributed by atoms with Crippen molar-refractivity contribution in [1.29, 1.82) is 0 Å². The van der Waals surface area contributed by atoms with Crippen molar-refractivity contribution in [3.8, 4) is 0 Å². The zero-order chi connectivity index (χ0) is 11.2. The Bertz CT molecular complexity index is 385. The van der Waals surface area contributed by atoms with Crippen LogP contribution in [-0.2, 0) is 0 Å². The van der Waals surface area contributed by atoms with Crippen LogP contribution in [0.1, 0.15) is 0 Å². The molecule has 0 radical (unpaired) electrons. The fourth-order valence-corrected chi connectivity index (χ4v) is 3.87. The largest absolute Gasteiger partial charge is 0.399 e. The Morgan fingerprint density at radius 2 is 1.93 bits per heavy atom. The van der Waals surface area contributed by atoms with E-state index in [1.807, 2.05) is 25.2 Å². The zero-order valence-corrected chi connectivity index (χ0v) is 10.7. The predicted molar refractivity (Wildman–Crippen MR) is 68.1 cm³/mol. The molecule has 3 N–H and O–H groups in total. The van der Waals surface area contributed by atoms with Crippen LogP contribution >= 0.6 is 0 Å². The molecular formula is C10H18N4Si. The molecule has 0 amide bonds. The first-order valence-electron chi connectivity index (χ1n) is 5.09. The van der Waals surface area contributed by atoms with Crippen LogP contribution in [0.3, 0.4) is 0 Å². The van der Waals surface area contributed by atoms with Gasteiger partial charge in [0.1, 0.15) is 0 Å². The number of fused-ring (bicyclic) bond motifs is 1. The minimum Gasteiger partial charge on any atom is -0.399 e. The van der Waals surface area contributed by atoms with E-state index in [0.717, 1.165) is 11.4 Å². The summed E-state index contributed by atoms with van der Waals surface area (Å²) in [6.45, 7) is 6.93. The Hall–Kier alpha value is -1.20. The summed E-state index contributed by atoms with van der Waals surface area (Å²) < 4.78 is 2.33. The van der Waals surface area contributed by atoms with Gasteiger partial charge >= 0.3 is 0 Å². The molecule has 4 nitrogen and oxygen atoms in total. The monoisotopic (exact) mass is 222 g/mol. The number of nitrogens with one attached hydrogen (secondary N) is 1. The second-order valence-corrected chi connectivity index (χ2v) is 9.66. The third-order valence-corrected chi connectivity index (χ3v) is 4.28. The lowest BCUT2D eigenvalue weighted by atomic mass is 10.2. The smallest absolute Gasteiger partial charge is 0.169 e. The van der Waals surface area contributed by atoms with E-state index in [-0.39, 0.29) is 0 Å². The topological polar surface area (TPSA) is 44.5 Å². The van der Waals surface area contributed by atoms with Crippen LogP contribution in [0, 0.1) is 0 Å². The standard InChI is InChI=1S/C10H18N4Si/c1-13-12-9-6-5-8(11)7-10(9)14(13)15(2,3)4/h5-7,12H,11H2,1-4H3. The Balaban J connectivity index is 2.49. The molecule has 2 rings (SSSR count). The van der Waals surface area contributed by atoms with E-state index in [9.17, 15) is 0 Å². The van der Waals surface area contributed by atoms with Crippen LogP contribution in [0.4, 0.5) is 17.1 Å². The lowest BCUT2D eigenvalue weighted by molar-refractivity contribution is 0.444. The number of hydrogen-bond donors (Lipinski definition) is 2. The van der Waals surface area contributed by atoms with Gasteiger partial charge in [0.25, 0.3) is 0 Å². The number of nitrogens with zero attached hydrogens (tertiary/aromatic N) is 2. The van der Waals surface area contributed by atoms with Crippen LogP contribution in [0.2, 0.25) is 19.6 Å². The van der Waals surface area contributed by atoms with Gasteiger partial charge in [0.15, 0.2) is 8.24 Å². The first-order chi connectivity index (χ1) is 6.89. The van der Waals surface area contributed by atoms with E-state index < -0.39 is 8.24 Å². The summed E-state index contributed by atoms with van der Waals surface area (Å²) in [5.74, 6) is 0. The SMILES string of the molecule is CN1Nc2ccc(N)cc2N1[Si](C)(C)C. The number of nitrogens with two attached hydrogens (primary N) is 1. The van der Waals surface area contributed by atoms with E-state index in [1.54, 1.807) is 0 Å². The molecule has 0 atom stereocenters. The molecule has 1 aromatic rings. The highest BCUT2D eigenvalue weighted by atomic mass is 28.3. The van der Waals surface area contributed by atoms with Crippen LogP contribution in [0.25, 0.3) is 0 Å². The molecule has 0 saturated heterocycles. The summed E-state index contributed by atoms with van der Waals surface area (Å²) in [6.07, 6.45) is 0. The van der Waals surface area contributed by atoms with Gasteiger partial charge in [-0.3, -0.25) is 0 Å². The van der Waals surface area contributed by atoms with Crippen LogP contribution in [0.5, 0.6) is 0 Å². The fourth-order valence-electron chi connectivity index (χ4n) is 2.02. The van der Waals surface area contributed by atoms with E-state index in [0.29, 0.717) is 0 Å². The van der Waals surface area contributed by atoms with Gasteiger partial charge in [0.2, 0.25) is 0 Å². The first kappa shape index (κ1) is 10.3. The number of nitrogen functional groups attached to an aromatic ring is 1. The van der Waals surface area contributed by atoms with Gasteiger partial charge in [-0.1, -0.05) is 19.6 Å². The van der Waals surface area contributed by atoms with Crippen LogP contribution in [0.15, 0.2) is 18.2 Å². The molecule has 1 aliphatic rings. The fraction of sp³-hybridized carbons (Fsp3) is 0.400. The molecule has 0 fully saturated rings. The Labute approximate surface area is 91.7 Å². The summed E-state index contributed by atoms with van der Waals surface area (Å²) in [4.78, 5) is 0.